The fourth-order valence-corrected chi connectivity index (χ4v) is 2.23. The van der Waals surface area contributed by atoms with Gasteiger partial charge in [-0.3, -0.25) is 4.79 Å². The van der Waals surface area contributed by atoms with Gasteiger partial charge in [-0.15, -0.1) is 0 Å². The van der Waals surface area contributed by atoms with E-state index in [0.717, 1.165) is 13.3 Å². The number of pyridine rings is 1. The minimum Gasteiger partial charge on any atom is -0.496 e. The number of rotatable bonds is 5. The van der Waals surface area contributed by atoms with Crippen molar-refractivity contribution in [2.45, 2.75) is 12.6 Å². The van der Waals surface area contributed by atoms with Crippen LogP contribution in [0.25, 0.3) is 11.1 Å². The monoisotopic (exact) mass is 341 g/mol. The number of benzene rings is 1. The number of hydrogen-bond donors (Lipinski definition) is 1. The second-order valence-corrected chi connectivity index (χ2v) is 4.87. The predicted octanol–water partition coefficient (Wildman–Crippen LogP) is 3.41. The lowest BCUT2D eigenvalue weighted by Crippen LogP contribution is -2.10. The first-order valence-corrected chi connectivity index (χ1v) is 6.76. The SMILES string of the molecule is COc1ccc(-c2cnc(C(F)(F)F)c(OC)c2)cc1CC(=O)O. The molecule has 1 aromatic heterocycles. The molecule has 8 heteroatoms. The smallest absolute Gasteiger partial charge is 0.437 e. The van der Waals surface area contributed by atoms with Crippen LogP contribution in [0.15, 0.2) is 30.5 Å². The summed E-state index contributed by atoms with van der Waals surface area (Å²) < 4.78 is 48.4. The van der Waals surface area contributed by atoms with Crippen LogP contribution in [0.4, 0.5) is 13.2 Å². The van der Waals surface area contributed by atoms with Gasteiger partial charge in [0.25, 0.3) is 0 Å². The minimum absolute atomic E-state index is 0.276. The summed E-state index contributed by atoms with van der Waals surface area (Å²) in [5.41, 5.74) is 0.162. The van der Waals surface area contributed by atoms with Gasteiger partial charge >= 0.3 is 12.1 Å². The van der Waals surface area contributed by atoms with Crippen molar-refractivity contribution in [3.05, 3.63) is 41.7 Å². The van der Waals surface area contributed by atoms with E-state index < -0.39 is 23.6 Å². The largest absolute Gasteiger partial charge is 0.496 e. The van der Waals surface area contributed by atoms with Crippen LogP contribution < -0.4 is 9.47 Å². The van der Waals surface area contributed by atoms with Crippen LogP contribution in [0.5, 0.6) is 11.5 Å². The Bertz CT molecular complexity index is 759. The molecule has 1 aromatic carbocycles. The highest BCUT2D eigenvalue weighted by molar-refractivity contribution is 5.74. The van der Waals surface area contributed by atoms with E-state index in [4.69, 9.17) is 14.6 Å². The van der Waals surface area contributed by atoms with Gasteiger partial charge < -0.3 is 14.6 Å². The molecule has 0 atom stereocenters. The van der Waals surface area contributed by atoms with Gasteiger partial charge in [-0.2, -0.15) is 13.2 Å². The number of halogens is 3. The molecule has 2 aromatic rings. The molecular weight excluding hydrogens is 327 g/mol. The molecule has 0 fully saturated rings. The van der Waals surface area contributed by atoms with E-state index in [1.165, 1.54) is 19.2 Å². The summed E-state index contributed by atoms with van der Waals surface area (Å²) in [6.45, 7) is 0. The Labute approximate surface area is 135 Å². The maximum atomic E-state index is 12.9. The summed E-state index contributed by atoms with van der Waals surface area (Å²) in [6, 6.07) is 5.91. The third-order valence-electron chi connectivity index (χ3n) is 3.30. The highest BCUT2D eigenvalue weighted by Gasteiger charge is 2.36. The number of ether oxygens (including phenoxy) is 2. The second kappa shape index (κ2) is 6.77. The first kappa shape index (κ1) is 17.6. The van der Waals surface area contributed by atoms with Crippen molar-refractivity contribution in [1.29, 1.82) is 0 Å². The molecule has 0 saturated heterocycles. The Balaban J connectivity index is 2.50. The van der Waals surface area contributed by atoms with E-state index in [2.05, 4.69) is 4.98 Å². The molecule has 1 N–H and O–H groups in total. The van der Waals surface area contributed by atoms with Gasteiger partial charge in [0.2, 0.25) is 0 Å². The Morgan fingerprint density at radius 1 is 1.12 bits per heavy atom. The Kier molecular flexibility index (Phi) is 4.96. The average Bonchev–Trinajstić information content (AvgIpc) is 2.52. The highest BCUT2D eigenvalue weighted by atomic mass is 19.4. The highest BCUT2D eigenvalue weighted by Crippen LogP contribution is 2.37. The van der Waals surface area contributed by atoms with Crippen molar-refractivity contribution < 1.29 is 32.5 Å². The van der Waals surface area contributed by atoms with Crippen LogP contribution in [-0.2, 0) is 17.4 Å². The van der Waals surface area contributed by atoms with E-state index in [0.29, 0.717) is 22.4 Å². The minimum atomic E-state index is -4.63. The maximum absolute atomic E-state index is 12.9. The molecule has 1 heterocycles. The first-order chi connectivity index (χ1) is 11.3. The molecule has 5 nitrogen and oxygen atoms in total. The number of methoxy groups -OCH3 is 2. The predicted molar refractivity (Wildman–Crippen MR) is 79.1 cm³/mol. The van der Waals surface area contributed by atoms with E-state index in [-0.39, 0.29) is 6.42 Å². The first-order valence-electron chi connectivity index (χ1n) is 6.76. The molecule has 0 unspecified atom stereocenters. The normalized spacial score (nSPS) is 11.2. The third kappa shape index (κ3) is 3.76. The molecule has 24 heavy (non-hydrogen) atoms. The summed E-state index contributed by atoms with van der Waals surface area (Å²) in [5, 5.41) is 8.94. The van der Waals surface area contributed by atoms with Crippen LogP contribution in [0.1, 0.15) is 11.3 Å². The Hall–Kier alpha value is -2.77. The standard InChI is InChI=1S/C16H14F3NO4/c1-23-12-4-3-9(5-10(12)7-14(21)22)11-6-13(24-2)15(20-8-11)16(17,18)19/h3-6,8H,7H2,1-2H3,(H,21,22). The molecule has 0 aliphatic carbocycles. The van der Waals surface area contributed by atoms with Crippen LogP contribution in [0, 0.1) is 0 Å². The Morgan fingerprint density at radius 2 is 1.79 bits per heavy atom. The zero-order chi connectivity index (χ0) is 17.9. The number of nitrogens with zero attached hydrogens (tertiary/aromatic N) is 1. The number of alkyl halides is 3. The number of carboxylic acids is 1. The van der Waals surface area contributed by atoms with E-state index in [1.807, 2.05) is 0 Å². The lowest BCUT2D eigenvalue weighted by atomic mass is 10.0. The van der Waals surface area contributed by atoms with E-state index in [1.54, 1.807) is 12.1 Å². The molecule has 0 amide bonds. The molecule has 128 valence electrons. The fourth-order valence-electron chi connectivity index (χ4n) is 2.23. The number of carboxylic acid groups (broad SMARTS) is 1. The van der Waals surface area contributed by atoms with Crippen molar-refractivity contribution in [1.82, 2.24) is 4.98 Å². The average molecular weight is 341 g/mol. The lowest BCUT2D eigenvalue weighted by Gasteiger charge is -2.13. The van der Waals surface area contributed by atoms with Gasteiger partial charge in [0.15, 0.2) is 5.69 Å². The number of aromatic nitrogens is 1. The molecule has 0 aliphatic rings. The van der Waals surface area contributed by atoms with Crippen molar-refractivity contribution in [3.63, 3.8) is 0 Å². The molecule has 0 spiro atoms. The molecular formula is C16H14F3NO4. The van der Waals surface area contributed by atoms with Crippen molar-refractivity contribution >= 4 is 5.97 Å². The van der Waals surface area contributed by atoms with Gasteiger partial charge in [0, 0.05) is 17.3 Å². The quantitative estimate of drug-likeness (QED) is 0.903. The summed E-state index contributed by atoms with van der Waals surface area (Å²) >= 11 is 0. The van der Waals surface area contributed by atoms with E-state index in [9.17, 15) is 18.0 Å². The summed E-state index contributed by atoms with van der Waals surface area (Å²) in [7, 11) is 2.53. The fraction of sp³-hybridized carbons (Fsp3) is 0.250. The zero-order valence-electron chi connectivity index (χ0n) is 12.8. The molecule has 0 radical (unpaired) electrons. The van der Waals surface area contributed by atoms with Gasteiger partial charge in [0.1, 0.15) is 11.5 Å². The van der Waals surface area contributed by atoms with Crippen LogP contribution >= 0.6 is 0 Å². The zero-order valence-corrected chi connectivity index (χ0v) is 12.8. The summed E-state index contributed by atoms with van der Waals surface area (Å²) in [4.78, 5) is 14.4. The molecule has 0 aliphatic heterocycles. The van der Waals surface area contributed by atoms with Gasteiger partial charge in [-0.25, -0.2) is 4.98 Å². The Morgan fingerprint density at radius 3 is 2.33 bits per heavy atom. The lowest BCUT2D eigenvalue weighted by molar-refractivity contribution is -0.142. The third-order valence-corrected chi connectivity index (χ3v) is 3.30. The molecule has 2 rings (SSSR count). The van der Waals surface area contributed by atoms with E-state index >= 15 is 0 Å². The van der Waals surface area contributed by atoms with Crippen molar-refractivity contribution in [2.75, 3.05) is 14.2 Å². The van der Waals surface area contributed by atoms with Crippen LogP contribution in [0.3, 0.4) is 0 Å². The van der Waals surface area contributed by atoms with Crippen molar-refractivity contribution in [3.8, 4) is 22.6 Å². The maximum Gasteiger partial charge on any atom is 0.437 e. The number of aliphatic carboxylic acids is 1. The van der Waals surface area contributed by atoms with Crippen molar-refractivity contribution in [2.24, 2.45) is 0 Å². The molecule has 0 bridgehead atoms. The van der Waals surface area contributed by atoms with Gasteiger partial charge in [-0.1, -0.05) is 6.07 Å². The van der Waals surface area contributed by atoms with Crippen LogP contribution in [-0.4, -0.2) is 30.3 Å². The summed E-state index contributed by atoms with van der Waals surface area (Å²) in [5.74, 6) is -1.07. The number of hydrogen-bond acceptors (Lipinski definition) is 4. The van der Waals surface area contributed by atoms with Gasteiger partial charge in [-0.05, 0) is 23.8 Å². The van der Waals surface area contributed by atoms with Crippen LogP contribution in [0.2, 0.25) is 0 Å². The molecule has 0 saturated carbocycles. The number of carbonyl (C=O) groups is 1. The topological polar surface area (TPSA) is 68.7 Å². The van der Waals surface area contributed by atoms with Gasteiger partial charge in [0.05, 0.1) is 20.6 Å². The second-order valence-electron chi connectivity index (χ2n) is 4.87. The summed E-state index contributed by atoms with van der Waals surface area (Å²) in [6.07, 6.45) is -3.84.